The molecule has 1 unspecified atom stereocenters. The van der Waals surface area contributed by atoms with E-state index in [-0.39, 0.29) is 0 Å². The van der Waals surface area contributed by atoms with Crippen LogP contribution in [-0.4, -0.2) is 35.5 Å². The Morgan fingerprint density at radius 1 is 1.56 bits per heavy atom. The highest BCUT2D eigenvalue weighted by molar-refractivity contribution is 9.10. The second-order valence-electron chi connectivity index (χ2n) is 4.08. The van der Waals surface area contributed by atoms with Gasteiger partial charge in [0.05, 0.1) is 12.3 Å². The first-order valence-electron chi connectivity index (χ1n) is 5.30. The fraction of sp³-hybridized carbons (Fsp3) is 0.545. The highest BCUT2D eigenvalue weighted by Gasteiger charge is 2.31. The number of ether oxygens (including phenoxy) is 1. The summed E-state index contributed by atoms with van der Waals surface area (Å²) in [5, 5.41) is 13.2. The molecule has 4 nitrogen and oxygen atoms in total. The van der Waals surface area contributed by atoms with Gasteiger partial charge in [0.15, 0.2) is 0 Å². The first-order chi connectivity index (χ1) is 7.68. The van der Waals surface area contributed by atoms with Crippen LogP contribution in [0, 0.1) is 0 Å². The smallest absolute Gasteiger partial charge is 0.106 e. The summed E-state index contributed by atoms with van der Waals surface area (Å²) in [6.45, 7) is 2.27. The Labute approximate surface area is 103 Å². The molecule has 2 rings (SSSR count). The van der Waals surface area contributed by atoms with E-state index in [0.29, 0.717) is 32.7 Å². The van der Waals surface area contributed by atoms with Crippen molar-refractivity contribution in [2.75, 3.05) is 19.8 Å². The van der Waals surface area contributed by atoms with Gasteiger partial charge in [-0.05, 0) is 28.1 Å². The molecular formula is C11H15BrN2O2. The van der Waals surface area contributed by atoms with Crippen LogP contribution in [0.25, 0.3) is 0 Å². The van der Waals surface area contributed by atoms with Crippen LogP contribution < -0.4 is 5.32 Å². The molecule has 88 valence electrons. The fourth-order valence-electron chi connectivity index (χ4n) is 1.71. The van der Waals surface area contributed by atoms with Gasteiger partial charge in [-0.15, -0.1) is 0 Å². The van der Waals surface area contributed by atoms with Crippen molar-refractivity contribution in [3.63, 3.8) is 0 Å². The van der Waals surface area contributed by atoms with E-state index < -0.39 is 5.60 Å². The van der Waals surface area contributed by atoms with E-state index in [0.717, 1.165) is 10.3 Å². The van der Waals surface area contributed by atoms with Crippen molar-refractivity contribution in [3.05, 3.63) is 28.5 Å². The number of aliphatic hydroxyl groups is 1. The van der Waals surface area contributed by atoms with Gasteiger partial charge in [0.1, 0.15) is 10.2 Å². The van der Waals surface area contributed by atoms with Gasteiger partial charge in [-0.3, -0.25) is 0 Å². The Kier molecular flexibility index (Phi) is 3.91. The lowest BCUT2D eigenvalue weighted by Crippen LogP contribution is -2.40. The molecule has 1 aromatic heterocycles. The number of aromatic nitrogens is 1. The average molecular weight is 287 g/mol. The Balaban J connectivity index is 1.79. The third kappa shape index (κ3) is 3.25. The van der Waals surface area contributed by atoms with E-state index in [2.05, 4.69) is 26.2 Å². The number of pyridine rings is 1. The molecular weight excluding hydrogens is 272 g/mol. The molecule has 2 N–H and O–H groups in total. The van der Waals surface area contributed by atoms with Crippen LogP contribution in [0.5, 0.6) is 0 Å². The molecule has 1 aliphatic heterocycles. The van der Waals surface area contributed by atoms with Crippen LogP contribution >= 0.6 is 15.9 Å². The molecule has 0 amide bonds. The topological polar surface area (TPSA) is 54.4 Å². The molecule has 0 aliphatic carbocycles. The highest BCUT2D eigenvalue weighted by Crippen LogP contribution is 2.17. The zero-order valence-corrected chi connectivity index (χ0v) is 10.5. The minimum absolute atomic E-state index is 0.423. The van der Waals surface area contributed by atoms with E-state index in [1.54, 1.807) is 0 Å². The largest absolute Gasteiger partial charge is 0.386 e. The minimum atomic E-state index is -0.702. The summed E-state index contributed by atoms with van der Waals surface area (Å²) in [7, 11) is 0. The quantitative estimate of drug-likeness (QED) is 0.814. The average Bonchev–Trinajstić information content (AvgIpc) is 2.65. The summed E-state index contributed by atoms with van der Waals surface area (Å²) < 4.78 is 6.00. The van der Waals surface area contributed by atoms with Crippen molar-refractivity contribution in [1.29, 1.82) is 0 Å². The van der Waals surface area contributed by atoms with Crippen molar-refractivity contribution >= 4 is 15.9 Å². The van der Waals surface area contributed by atoms with Gasteiger partial charge in [-0.2, -0.15) is 0 Å². The summed E-state index contributed by atoms with van der Waals surface area (Å²) >= 11 is 3.32. The first kappa shape index (κ1) is 12.0. The van der Waals surface area contributed by atoms with Crippen molar-refractivity contribution in [3.8, 4) is 0 Å². The maximum Gasteiger partial charge on any atom is 0.106 e. The van der Waals surface area contributed by atoms with Crippen LogP contribution in [-0.2, 0) is 11.3 Å². The standard InChI is InChI=1S/C11H15BrN2O2/c12-10-3-1-2-9(14-10)6-13-7-11(15)4-5-16-8-11/h1-3,13,15H,4-8H2. The van der Waals surface area contributed by atoms with Gasteiger partial charge >= 0.3 is 0 Å². The molecule has 0 spiro atoms. The maximum absolute atomic E-state index is 10.0. The molecule has 1 aliphatic rings. The Morgan fingerprint density at radius 2 is 2.44 bits per heavy atom. The number of hydrogen-bond acceptors (Lipinski definition) is 4. The first-order valence-corrected chi connectivity index (χ1v) is 6.10. The lowest BCUT2D eigenvalue weighted by atomic mass is 10.0. The molecule has 0 aromatic carbocycles. The zero-order valence-electron chi connectivity index (χ0n) is 8.95. The number of halogens is 1. The molecule has 0 bridgehead atoms. The number of hydrogen-bond donors (Lipinski definition) is 2. The summed E-state index contributed by atoms with van der Waals surface area (Å²) in [5.41, 5.74) is 0.253. The summed E-state index contributed by atoms with van der Waals surface area (Å²) in [6, 6.07) is 5.79. The van der Waals surface area contributed by atoms with Gasteiger partial charge in [0.2, 0.25) is 0 Å². The number of rotatable bonds is 4. The van der Waals surface area contributed by atoms with Gasteiger partial charge < -0.3 is 15.2 Å². The van der Waals surface area contributed by atoms with Crippen molar-refractivity contribution in [1.82, 2.24) is 10.3 Å². The molecule has 5 heteroatoms. The summed E-state index contributed by atoms with van der Waals surface area (Å²) in [5.74, 6) is 0. The maximum atomic E-state index is 10.0. The summed E-state index contributed by atoms with van der Waals surface area (Å²) in [4.78, 5) is 4.30. The zero-order chi connectivity index (χ0) is 11.4. The van der Waals surface area contributed by atoms with Crippen molar-refractivity contribution in [2.45, 2.75) is 18.6 Å². The van der Waals surface area contributed by atoms with Crippen LogP contribution in [0.15, 0.2) is 22.8 Å². The van der Waals surface area contributed by atoms with Gasteiger partial charge in [-0.25, -0.2) is 4.98 Å². The van der Waals surface area contributed by atoms with Crippen LogP contribution in [0.4, 0.5) is 0 Å². The van der Waals surface area contributed by atoms with E-state index >= 15 is 0 Å². The van der Waals surface area contributed by atoms with Crippen LogP contribution in [0.2, 0.25) is 0 Å². The van der Waals surface area contributed by atoms with Gasteiger partial charge in [-0.1, -0.05) is 6.07 Å². The fourth-order valence-corrected chi connectivity index (χ4v) is 2.09. The normalized spacial score (nSPS) is 24.9. The lowest BCUT2D eigenvalue weighted by molar-refractivity contribution is 0.0268. The van der Waals surface area contributed by atoms with Gasteiger partial charge in [0.25, 0.3) is 0 Å². The van der Waals surface area contributed by atoms with E-state index in [1.165, 1.54) is 0 Å². The van der Waals surface area contributed by atoms with E-state index in [1.807, 2.05) is 18.2 Å². The predicted octanol–water partition coefficient (Wildman–Crippen LogP) is 1.09. The van der Waals surface area contributed by atoms with Gasteiger partial charge in [0, 0.05) is 26.1 Å². The SMILES string of the molecule is OC1(CNCc2cccc(Br)n2)CCOC1. The number of nitrogens with one attached hydrogen (secondary N) is 1. The third-order valence-electron chi connectivity index (χ3n) is 2.62. The van der Waals surface area contributed by atoms with Crippen LogP contribution in [0.3, 0.4) is 0 Å². The molecule has 2 heterocycles. The Morgan fingerprint density at radius 3 is 3.12 bits per heavy atom. The highest BCUT2D eigenvalue weighted by atomic mass is 79.9. The Hall–Kier alpha value is -0.490. The Bertz CT molecular complexity index is 354. The summed E-state index contributed by atoms with van der Waals surface area (Å²) in [6.07, 6.45) is 0.700. The second-order valence-corrected chi connectivity index (χ2v) is 4.89. The molecule has 16 heavy (non-hydrogen) atoms. The van der Waals surface area contributed by atoms with E-state index in [4.69, 9.17) is 4.74 Å². The number of nitrogens with zero attached hydrogens (tertiary/aromatic N) is 1. The van der Waals surface area contributed by atoms with E-state index in [9.17, 15) is 5.11 Å². The predicted molar refractivity (Wildman–Crippen MR) is 64.0 cm³/mol. The second kappa shape index (κ2) is 5.23. The molecule has 0 saturated carbocycles. The molecule has 1 fully saturated rings. The van der Waals surface area contributed by atoms with Crippen molar-refractivity contribution < 1.29 is 9.84 Å². The van der Waals surface area contributed by atoms with Crippen molar-refractivity contribution in [2.24, 2.45) is 0 Å². The molecule has 1 saturated heterocycles. The third-order valence-corrected chi connectivity index (χ3v) is 3.06. The monoisotopic (exact) mass is 286 g/mol. The molecule has 1 atom stereocenters. The van der Waals surface area contributed by atoms with Crippen LogP contribution in [0.1, 0.15) is 12.1 Å². The minimum Gasteiger partial charge on any atom is -0.386 e. The lowest BCUT2D eigenvalue weighted by Gasteiger charge is -2.20. The molecule has 0 radical (unpaired) electrons. The molecule has 1 aromatic rings.